The summed E-state index contributed by atoms with van der Waals surface area (Å²) in [6.45, 7) is 4.92. The minimum absolute atomic E-state index is 0.345. The number of methoxy groups -OCH3 is 3. The highest BCUT2D eigenvalue weighted by Gasteiger charge is 2.43. The Balaban J connectivity index is 1.67. The van der Waals surface area contributed by atoms with E-state index in [4.69, 9.17) is 18.6 Å². The number of hydrogen-bond donors (Lipinski definition) is 1. The molecule has 5 rings (SSSR count). The van der Waals surface area contributed by atoms with Crippen LogP contribution < -0.4 is 19.5 Å². The van der Waals surface area contributed by atoms with Gasteiger partial charge >= 0.3 is 0 Å². The fourth-order valence-corrected chi connectivity index (χ4v) is 5.59. The van der Waals surface area contributed by atoms with Gasteiger partial charge in [-0.25, -0.2) is 0 Å². The van der Waals surface area contributed by atoms with Gasteiger partial charge in [-0.2, -0.15) is 0 Å². The summed E-state index contributed by atoms with van der Waals surface area (Å²) in [5, 5.41) is 3.53. The number of allylic oxidation sites excluding steroid dienone is 2. The lowest BCUT2D eigenvalue weighted by molar-refractivity contribution is -0.104. The summed E-state index contributed by atoms with van der Waals surface area (Å²) < 4.78 is 23.2. The molecule has 1 aromatic carbocycles. The molecule has 0 saturated carbocycles. The number of benzene rings is 1. The molecule has 2 aliphatic rings. The second-order valence-corrected chi connectivity index (χ2v) is 9.34. The maximum atomic E-state index is 11.5. The number of nitrogens with one attached hydrogen (secondary N) is 1. The van der Waals surface area contributed by atoms with Crippen LogP contribution in [0.3, 0.4) is 0 Å². The molecule has 194 valence electrons. The van der Waals surface area contributed by atoms with Crippen molar-refractivity contribution in [1.82, 2.24) is 15.2 Å². The average Bonchev–Trinajstić information content (AvgIpc) is 3.41. The van der Waals surface area contributed by atoms with Gasteiger partial charge in [-0.05, 0) is 31.0 Å². The van der Waals surface area contributed by atoms with Gasteiger partial charge in [0.05, 0.1) is 26.9 Å². The molecule has 0 amide bonds. The minimum Gasteiger partial charge on any atom is -0.493 e. The van der Waals surface area contributed by atoms with Crippen molar-refractivity contribution in [1.29, 1.82) is 0 Å². The SMILES string of the molecule is CCC1CNCCN1C1(c2ccnc3cc(-c4cc(OC)c(OC)c(OC)c4)oc23)C=CC(C=O)=CC1. The quantitative estimate of drug-likeness (QED) is 0.450. The number of carbonyl (C=O) groups excluding carboxylic acids is 1. The predicted molar refractivity (Wildman–Crippen MR) is 142 cm³/mol. The van der Waals surface area contributed by atoms with Gasteiger partial charge in [0.1, 0.15) is 17.6 Å². The number of carbonyl (C=O) groups is 1. The molecule has 2 aromatic heterocycles. The third-order valence-corrected chi connectivity index (χ3v) is 7.50. The van der Waals surface area contributed by atoms with Crippen LogP contribution in [-0.2, 0) is 10.3 Å². The van der Waals surface area contributed by atoms with Gasteiger partial charge in [-0.15, -0.1) is 0 Å². The lowest BCUT2D eigenvalue weighted by Gasteiger charge is -2.49. The molecule has 3 heterocycles. The molecule has 2 unspecified atom stereocenters. The van der Waals surface area contributed by atoms with Crippen LogP contribution in [0.1, 0.15) is 25.3 Å². The highest BCUT2D eigenvalue weighted by molar-refractivity contribution is 5.84. The Hall–Kier alpha value is -3.62. The Kier molecular flexibility index (Phi) is 7.04. The fraction of sp³-hybridized carbons (Fsp3) is 0.379. The maximum absolute atomic E-state index is 11.5. The number of ether oxygens (including phenoxy) is 3. The van der Waals surface area contributed by atoms with E-state index >= 15 is 0 Å². The van der Waals surface area contributed by atoms with Gasteiger partial charge in [0.15, 0.2) is 17.1 Å². The Morgan fingerprint density at radius 3 is 2.59 bits per heavy atom. The molecule has 0 radical (unpaired) electrons. The Morgan fingerprint density at radius 1 is 1.19 bits per heavy atom. The number of aromatic nitrogens is 1. The van der Waals surface area contributed by atoms with Crippen molar-refractivity contribution in [2.45, 2.75) is 31.3 Å². The van der Waals surface area contributed by atoms with E-state index in [1.54, 1.807) is 21.3 Å². The summed E-state index contributed by atoms with van der Waals surface area (Å²) in [7, 11) is 4.77. The maximum Gasteiger partial charge on any atom is 0.203 e. The van der Waals surface area contributed by atoms with Crippen LogP contribution in [0, 0.1) is 0 Å². The number of piperazine rings is 1. The molecule has 0 spiro atoms. The van der Waals surface area contributed by atoms with Crippen LogP contribution in [0.2, 0.25) is 0 Å². The van der Waals surface area contributed by atoms with Crippen LogP contribution in [0.15, 0.2) is 58.7 Å². The molecule has 1 saturated heterocycles. The van der Waals surface area contributed by atoms with Gasteiger partial charge in [0.2, 0.25) is 5.75 Å². The molecule has 1 N–H and O–H groups in total. The van der Waals surface area contributed by atoms with Crippen molar-refractivity contribution < 1.29 is 23.4 Å². The highest BCUT2D eigenvalue weighted by atomic mass is 16.5. The first-order valence-electron chi connectivity index (χ1n) is 12.6. The second kappa shape index (κ2) is 10.4. The molecule has 8 nitrogen and oxygen atoms in total. The van der Waals surface area contributed by atoms with Gasteiger partial charge in [-0.1, -0.05) is 25.2 Å². The van der Waals surface area contributed by atoms with E-state index in [1.165, 1.54) is 0 Å². The molecular weight excluding hydrogens is 470 g/mol. The number of nitrogens with zero attached hydrogens (tertiary/aromatic N) is 2. The third kappa shape index (κ3) is 4.30. The van der Waals surface area contributed by atoms with E-state index in [0.717, 1.165) is 54.6 Å². The van der Waals surface area contributed by atoms with Crippen LogP contribution >= 0.6 is 0 Å². The number of aldehydes is 1. The lowest BCUT2D eigenvalue weighted by atomic mass is 9.79. The number of rotatable bonds is 8. The van der Waals surface area contributed by atoms with E-state index in [9.17, 15) is 4.79 Å². The Labute approximate surface area is 216 Å². The van der Waals surface area contributed by atoms with Gasteiger partial charge in [0.25, 0.3) is 0 Å². The van der Waals surface area contributed by atoms with Crippen molar-refractivity contribution >= 4 is 17.4 Å². The molecule has 2 atom stereocenters. The zero-order valence-corrected chi connectivity index (χ0v) is 21.7. The predicted octanol–water partition coefficient (Wildman–Crippen LogP) is 4.48. The van der Waals surface area contributed by atoms with Gasteiger partial charge < -0.3 is 23.9 Å². The van der Waals surface area contributed by atoms with E-state index in [2.05, 4.69) is 28.2 Å². The van der Waals surface area contributed by atoms with Gasteiger partial charge in [-0.3, -0.25) is 14.7 Å². The summed E-state index contributed by atoms with van der Waals surface area (Å²) in [6.07, 6.45) is 10.6. The van der Waals surface area contributed by atoms with Crippen molar-refractivity contribution in [3.05, 3.63) is 59.8 Å². The molecule has 37 heavy (non-hydrogen) atoms. The lowest BCUT2D eigenvalue weighted by Crippen LogP contribution is -2.59. The largest absolute Gasteiger partial charge is 0.493 e. The average molecular weight is 504 g/mol. The Bertz CT molecular complexity index is 1340. The molecule has 8 heteroatoms. The highest BCUT2D eigenvalue weighted by Crippen LogP contribution is 2.45. The monoisotopic (exact) mass is 503 g/mol. The molecule has 3 aromatic rings. The minimum atomic E-state index is -0.457. The summed E-state index contributed by atoms with van der Waals surface area (Å²) in [6, 6.07) is 8.08. The summed E-state index contributed by atoms with van der Waals surface area (Å²) in [5.41, 5.74) is 3.56. The van der Waals surface area contributed by atoms with Gasteiger partial charge in [0, 0.05) is 54.6 Å². The van der Waals surface area contributed by atoms with Crippen LogP contribution in [-0.4, -0.2) is 63.2 Å². The first-order chi connectivity index (χ1) is 18.1. The van der Waals surface area contributed by atoms with Crippen molar-refractivity contribution in [2.75, 3.05) is 41.0 Å². The number of furan rings is 1. The van der Waals surface area contributed by atoms with Crippen LogP contribution in [0.5, 0.6) is 17.2 Å². The standard InChI is InChI=1S/C29H33N3O5/c1-5-21-17-30-12-13-32(21)29(9-6-19(18-33)7-10-29)22-8-11-31-23-16-24(37-27(22)23)20-14-25(34-2)28(36-4)26(15-20)35-3/h6-9,11,14-16,18,21,30H,5,10,12-13,17H2,1-4H3. The molecule has 1 aliphatic heterocycles. The first kappa shape index (κ1) is 25.0. The molecule has 0 bridgehead atoms. The first-order valence-corrected chi connectivity index (χ1v) is 12.6. The number of fused-ring (bicyclic) bond motifs is 1. The van der Waals surface area contributed by atoms with Crippen LogP contribution in [0.25, 0.3) is 22.4 Å². The summed E-state index contributed by atoms with van der Waals surface area (Å²) in [4.78, 5) is 18.7. The molecule has 1 fully saturated rings. The summed E-state index contributed by atoms with van der Waals surface area (Å²) >= 11 is 0. The normalized spacial score (nSPS) is 22.1. The van der Waals surface area contributed by atoms with Crippen LogP contribution in [0.4, 0.5) is 0 Å². The smallest absolute Gasteiger partial charge is 0.203 e. The van der Waals surface area contributed by atoms with E-state index in [1.807, 2.05) is 42.6 Å². The fourth-order valence-electron chi connectivity index (χ4n) is 5.59. The Morgan fingerprint density at radius 2 is 1.97 bits per heavy atom. The van der Waals surface area contributed by atoms with Crippen molar-refractivity contribution in [2.24, 2.45) is 0 Å². The zero-order chi connectivity index (χ0) is 26.0. The third-order valence-electron chi connectivity index (χ3n) is 7.50. The topological polar surface area (TPSA) is 86.1 Å². The van der Waals surface area contributed by atoms with E-state index in [0.29, 0.717) is 41.0 Å². The number of hydrogen-bond acceptors (Lipinski definition) is 8. The number of pyridine rings is 1. The molecule has 1 aliphatic carbocycles. The summed E-state index contributed by atoms with van der Waals surface area (Å²) in [5.74, 6) is 2.28. The van der Waals surface area contributed by atoms with E-state index in [-0.39, 0.29) is 0 Å². The van der Waals surface area contributed by atoms with E-state index < -0.39 is 5.54 Å². The van der Waals surface area contributed by atoms with Crippen molar-refractivity contribution in [3.63, 3.8) is 0 Å². The second-order valence-electron chi connectivity index (χ2n) is 9.34. The molecular formula is C29H33N3O5. The van der Waals surface area contributed by atoms with Crippen molar-refractivity contribution in [3.8, 4) is 28.6 Å². The zero-order valence-electron chi connectivity index (χ0n) is 21.7.